The number of hydrogen-bond acceptors (Lipinski definition) is 3. The highest BCUT2D eigenvalue weighted by Gasteiger charge is 2.47. The van der Waals surface area contributed by atoms with Crippen LogP contribution >= 0.6 is 27.5 Å². The summed E-state index contributed by atoms with van der Waals surface area (Å²) in [5.41, 5.74) is 0.718. The van der Waals surface area contributed by atoms with Crippen LogP contribution in [0.4, 0.5) is 0 Å². The zero-order chi connectivity index (χ0) is 17.0. The highest BCUT2D eigenvalue weighted by molar-refractivity contribution is 9.10. The molecule has 1 heterocycles. The number of aliphatic carboxylic acids is 1. The van der Waals surface area contributed by atoms with E-state index in [9.17, 15) is 9.90 Å². The maximum absolute atomic E-state index is 11.3. The Kier molecular flexibility index (Phi) is 5.76. The largest absolute Gasteiger partial charge is 0.481 e. The van der Waals surface area contributed by atoms with Crippen LogP contribution in [0, 0.1) is 0 Å². The van der Waals surface area contributed by atoms with Gasteiger partial charge in [0.05, 0.1) is 9.50 Å². The van der Waals surface area contributed by atoms with Gasteiger partial charge in [0.25, 0.3) is 5.79 Å². The Balaban J connectivity index is 0.000000924. The van der Waals surface area contributed by atoms with Crippen LogP contribution in [-0.4, -0.2) is 16.9 Å². The molecule has 124 valence electrons. The number of allylic oxidation sites excluding steroid dienone is 2. The lowest BCUT2D eigenvalue weighted by atomic mass is 9.96. The Morgan fingerprint density at radius 1 is 1.35 bits per heavy atom. The number of fused-ring (bicyclic) bond motifs is 1. The fourth-order valence-corrected chi connectivity index (χ4v) is 3.00. The van der Waals surface area contributed by atoms with E-state index in [-0.39, 0.29) is 6.42 Å². The third-order valence-corrected chi connectivity index (χ3v) is 4.70. The summed E-state index contributed by atoms with van der Waals surface area (Å²) in [6.07, 6.45) is 7.25. The molecule has 3 rings (SSSR count). The summed E-state index contributed by atoms with van der Waals surface area (Å²) < 4.78 is 12.3. The van der Waals surface area contributed by atoms with Crippen molar-refractivity contribution in [2.24, 2.45) is 0 Å². The molecule has 4 nitrogen and oxygen atoms in total. The van der Waals surface area contributed by atoms with Crippen molar-refractivity contribution in [1.82, 2.24) is 0 Å². The third-order valence-electron chi connectivity index (χ3n) is 3.37. The first-order chi connectivity index (χ1) is 11.0. The van der Waals surface area contributed by atoms with E-state index >= 15 is 0 Å². The maximum Gasteiger partial charge on any atom is 0.311 e. The monoisotopic (exact) mass is 400 g/mol. The molecule has 2 aliphatic rings. The molecule has 0 amide bonds. The van der Waals surface area contributed by atoms with E-state index in [2.05, 4.69) is 15.9 Å². The van der Waals surface area contributed by atoms with Gasteiger partial charge in [0.15, 0.2) is 11.5 Å². The Morgan fingerprint density at radius 2 is 2.09 bits per heavy atom. The van der Waals surface area contributed by atoms with Crippen molar-refractivity contribution in [1.29, 1.82) is 0 Å². The van der Waals surface area contributed by atoms with Crippen LogP contribution < -0.4 is 9.47 Å². The molecule has 1 aromatic rings. The fraction of sp³-hybridized carbons (Fsp3) is 0.353. The van der Waals surface area contributed by atoms with Crippen molar-refractivity contribution >= 4 is 33.5 Å². The molecule has 0 radical (unpaired) electrons. The molecule has 0 saturated carbocycles. The van der Waals surface area contributed by atoms with Gasteiger partial charge in [-0.1, -0.05) is 43.7 Å². The molecule has 1 N–H and O–H groups in total. The highest BCUT2D eigenvalue weighted by Crippen LogP contribution is 2.50. The van der Waals surface area contributed by atoms with E-state index in [0.717, 1.165) is 18.4 Å². The summed E-state index contributed by atoms with van der Waals surface area (Å²) >= 11 is 9.40. The van der Waals surface area contributed by atoms with Gasteiger partial charge >= 0.3 is 5.97 Å². The Labute approximate surface area is 148 Å². The van der Waals surface area contributed by atoms with Gasteiger partial charge in [0.2, 0.25) is 0 Å². The molecule has 0 aromatic heterocycles. The molecule has 1 aliphatic heterocycles. The summed E-state index contributed by atoms with van der Waals surface area (Å²) in [7, 11) is 0. The summed E-state index contributed by atoms with van der Waals surface area (Å²) in [6, 6.07) is 3.36. The zero-order valence-corrected chi connectivity index (χ0v) is 15.3. The average Bonchev–Trinajstić information content (AvgIpc) is 2.93. The number of halogens is 2. The van der Waals surface area contributed by atoms with E-state index < -0.39 is 11.8 Å². The Morgan fingerprint density at radius 3 is 2.70 bits per heavy atom. The predicted molar refractivity (Wildman–Crippen MR) is 93.2 cm³/mol. The maximum atomic E-state index is 11.3. The number of carboxylic acids is 1. The van der Waals surface area contributed by atoms with Crippen molar-refractivity contribution in [3.63, 3.8) is 0 Å². The molecule has 1 unspecified atom stereocenters. The minimum atomic E-state index is -1.34. The molecule has 0 saturated heterocycles. The SMILES string of the molecule is CC.O=C(O)CC1(C2=CCCC=C2)Oc2ccc(Cl)c(Br)c2O1. The van der Waals surface area contributed by atoms with E-state index in [1.807, 2.05) is 32.1 Å². The minimum absolute atomic E-state index is 0.290. The van der Waals surface area contributed by atoms with Gasteiger partial charge in [-0.15, -0.1) is 0 Å². The lowest BCUT2D eigenvalue weighted by Gasteiger charge is -2.28. The van der Waals surface area contributed by atoms with Crippen LogP contribution in [-0.2, 0) is 4.79 Å². The third kappa shape index (κ3) is 3.56. The number of carboxylic acid groups (broad SMARTS) is 1. The topological polar surface area (TPSA) is 55.8 Å². The smallest absolute Gasteiger partial charge is 0.311 e. The highest BCUT2D eigenvalue weighted by atomic mass is 79.9. The van der Waals surface area contributed by atoms with Crippen molar-refractivity contribution in [3.8, 4) is 11.5 Å². The average molecular weight is 402 g/mol. The quantitative estimate of drug-likeness (QED) is 0.742. The van der Waals surface area contributed by atoms with E-state index in [1.54, 1.807) is 12.1 Å². The Bertz CT molecular complexity index is 669. The van der Waals surface area contributed by atoms with Gasteiger partial charge in [-0.2, -0.15) is 0 Å². The summed E-state index contributed by atoms with van der Waals surface area (Å²) in [5.74, 6) is -1.42. The number of ether oxygens (including phenoxy) is 2. The molecule has 0 bridgehead atoms. The molecule has 0 spiro atoms. The van der Waals surface area contributed by atoms with Gasteiger partial charge in [-0.3, -0.25) is 4.79 Å². The van der Waals surface area contributed by atoms with Gasteiger partial charge in [0.1, 0.15) is 6.42 Å². The molecule has 0 fully saturated rings. The second kappa shape index (κ2) is 7.41. The van der Waals surface area contributed by atoms with Crippen LogP contribution in [0.2, 0.25) is 5.02 Å². The van der Waals surface area contributed by atoms with Crippen LogP contribution in [0.5, 0.6) is 11.5 Å². The first-order valence-electron chi connectivity index (χ1n) is 7.47. The minimum Gasteiger partial charge on any atom is -0.481 e. The molecular weight excluding hydrogens is 384 g/mol. The molecule has 1 atom stereocenters. The standard InChI is InChI=1S/C15H12BrClO4.C2H6/c16-13-10(17)6-7-11-14(13)21-15(20-11,8-12(18)19)9-4-2-1-3-5-9;1-2/h2,4-7H,1,3,8H2,(H,18,19);1-2H3. The molecular formula is C17H18BrClO4. The van der Waals surface area contributed by atoms with Gasteiger partial charge in [-0.05, 0) is 40.9 Å². The number of hydrogen-bond donors (Lipinski definition) is 1. The van der Waals surface area contributed by atoms with E-state index in [1.165, 1.54) is 0 Å². The zero-order valence-electron chi connectivity index (χ0n) is 12.9. The normalized spacial score (nSPS) is 21.3. The second-order valence-electron chi connectivity index (χ2n) is 4.86. The molecule has 6 heteroatoms. The summed E-state index contributed by atoms with van der Waals surface area (Å²) in [6.45, 7) is 4.00. The van der Waals surface area contributed by atoms with Gasteiger partial charge in [0, 0.05) is 5.57 Å². The lowest BCUT2D eigenvalue weighted by Crippen LogP contribution is -2.42. The van der Waals surface area contributed by atoms with Crippen LogP contribution in [0.1, 0.15) is 33.1 Å². The van der Waals surface area contributed by atoms with Crippen molar-refractivity contribution < 1.29 is 19.4 Å². The molecule has 1 aromatic carbocycles. The van der Waals surface area contributed by atoms with Crippen molar-refractivity contribution in [3.05, 3.63) is 45.4 Å². The Hall–Kier alpha value is -1.46. The van der Waals surface area contributed by atoms with Crippen LogP contribution in [0.15, 0.2) is 40.4 Å². The molecule has 1 aliphatic carbocycles. The number of carbonyl (C=O) groups is 1. The van der Waals surface area contributed by atoms with Crippen molar-refractivity contribution in [2.75, 3.05) is 0 Å². The first kappa shape index (κ1) is 17.9. The second-order valence-corrected chi connectivity index (χ2v) is 6.06. The predicted octanol–water partition coefficient (Wildman–Crippen LogP) is 5.35. The fourth-order valence-electron chi connectivity index (χ4n) is 2.44. The van der Waals surface area contributed by atoms with Crippen LogP contribution in [0.25, 0.3) is 0 Å². The van der Waals surface area contributed by atoms with E-state index in [4.69, 9.17) is 21.1 Å². The summed E-state index contributed by atoms with van der Waals surface area (Å²) in [4.78, 5) is 11.3. The number of benzene rings is 1. The van der Waals surface area contributed by atoms with Crippen molar-refractivity contribution in [2.45, 2.75) is 38.9 Å². The first-order valence-corrected chi connectivity index (χ1v) is 8.64. The number of rotatable bonds is 3. The molecule has 23 heavy (non-hydrogen) atoms. The van der Waals surface area contributed by atoms with Gasteiger partial charge < -0.3 is 14.6 Å². The van der Waals surface area contributed by atoms with Crippen LogP contribution in [0.3, 0.4) is 0 Å². The van der Waals surface area contributed by atoms with E-state index in [0.29, 0.717) is 21.0 Å². The summed E-state index contributed by atoms with van der Waals surface area (Å²) in [5, 5.41) is 9.71. The lowest BCUT2D eigenvalue weighted by molar-refractivity contribution is -0.147. The van der Waals surface area contributed by atoms with Gasteiger partial charge in [-0.25, -0.2) is 0 Å².